The fraction of sp³-hybridized carbons (Fsp3) is 0.500. The first-order valence-electron chi connectivity index (χ1n) is 8.08. The maximum absolute atomic E-state index is 5.85. The number of benzene rings is 1. The number of hydrazine groups is 1. The van der Waals surface area contributed by atoms with Crippen molar-refractivity contribution in [3.05, 3.63) is 42.1 Å². The van der Waals surface area contributed by atoms with Crippen LogP contribution in [0.5, 0.6) is 0 Å². The third-order valence-electron chi connectivity index (χ3n) is 4.42. The minimum Gasteiger partial charge on any atom is -0.271 e. The van der Waals surface area contributed by atoms with Crippen LogP contribution in [0.15, 0.2) is 36.5 Å². The van der Waals surface area contributed by atoms with E-state index in [0.29, 0.717) is 12.0 Å². The molecule has 3 N–H and O–H groups in total. The molecule has 0 saturated heterocycles. The van der Waals surface area contributed by atoms with Crippen molar-refractivity contribution in [3.63, 3.8) is 0 Å². The molecule has 2 rings (SSSR count). The fourth-order valence-electron chi connectivity index (χ4n) is 3.09. The summed E-state index contributed by atoms with van der Waals surface area (Å²) in [6.45, 7) is 4.50. The molecule has 114 valence electrons. The molecule has 1 heterocycles. The monoisotopic (exact) mass is 285 g/mol. The lowest BCUT2D eigenvalue weighted by Gasteiger charge is -2.26. The number of rotatable bonds is 8. The predicted molar refractivity (Wildman–Crippen MR) is 89.9 cm³/mol. The first kappa shape index (κ1) is 15.9. The average Bonchev–Trinajstić information content (AvgIpc) is 2.54. The van der Waals surface area contributed by atoms with Crippen LogP contribution in [0.2, 0.25) is 0 Å². The number of fused-ring (bicyclic) bond motifs is 1. The zero-order chi connectivity index (χ0) is 15.1. The highest BCUT2D eigenvalue weighted by molar-refractivity contribution is 5.81. The van der Waals surface area contributed by atoms with Crippen molar-refractivity contribution in [1.29, 1.82) is 0 Å². The van der Waals surface area contributed by atoms with Crippen LogP contribution in [0.1, 0.15) is 45.1 Å². The lowest BCUT2D eigenvalue weighted by molar-refractivity contribution is 0.319. The Hall–Kier alpha value is -1.45. The number of nitrogens with one attached hydrogen (secondary N) is 1. The predicted octanol–water partition coefficient (Wildman–Crippen LogP) is 3.83. The number of nitrogens with zero attached hydrogens (tertiary/aromatic N) is 1. The van der Waals surface area contributed by atoms with E-state index in [2.05, 4.69) is 48.5 Å². The number of hydrogen-bond acceptors (Lipinski definition) is 3. The van der Waals surface area contributed by atoms with Gasteiger partial charge in [0.25, 0.3) is 0 Å². The van der Waals surface area contributed by atoms with Gasteiger partial charge in [0.15, 0.2) is 0 Å². The first-order chi connectivity index (χ1) is 10.3. The van der Waals surface area contributed by atoms with Gasteiger partial charge in [-0.25, -0.2) is 0 Å². The number of unbranched alkanes of at least 4 members (excludes halogenated alkanes) is 1. The van der Waals surface area contributed by atoms with Gasteiger partial charge in [-0.05, 0) is 36.5 Å². The molecular weight excluding hydrogens is 258 g/mol. The van der Waals surface area contributed by atoms with Crippen molar-refractivity contribution in [3.8, 4) is 0 Å². The summed E-state index contributed by atoms with van der Waals surface area (Å²) in [6, 6.07) is 10.8. The molecule has 0 bridgehead atoms. The topological polar surface area (TPSA) is 50.9 Å². The van der Waals surface area contributed by atoms with Crippen LogP contribution in [0.25, 0.3) is 10.9 Å². The summed E-state index contributed by atoms with van der Waals surface area (Å²) >= 11 is 0. The van der Waals surface area contributed by atoms with Crippen LogP contribution in [0.3, 0.4) is 0 Å². The summed E-state index contributed by atoms with van der Waals surface area (Å²) in [4.78, 5) is 4.44. The van der Waals surface area contributed by atoms with Crippen molar-refractivity contribution in [2.24, 2.45) is 11.8 Å². The van der Waals surface area contributed by atoms with Gasteiger partial charge in [-0.3, -0.25) is 16.3 Å². The zero-order valence-electron chi connectivity index (χ0n) is 13.2. The molecule has 1 aromatic carbocycles. The third kappa shape index (κ3) is 4.02. The molecule has 0 amide bonds. The molecule has 0 radical (unpaired) electrons. The van der Waals surface area contributed by atoms with E-state index in [4.69, 9.17) is 5.84 Å². The van der Waals surface area contributed by atoms with Crippen LogP contribution >= 0.6 is 0 Å². The van der Waals surface area contributed by atoms with Gasteiger partial charge >= 0.3 is 0 Å². The number of para-hydroxylation sites is 1. The first-order valence-corrected chi connectivity index (χ1v) is 8.08. The van der Waals surface area contributed by atoms with E-state index in [1.807, 2.05) is 12.3 Å². The average molecular weight is 285 g/mol. The molecule has 0 aliphatic carbocycles. The quantitative estimate of drug-likeness (QED) is 0.572. The van der Waals surface area contributed by atoms with Gasteiger partial charge in [0.05, 0.1) is 5.52 Å². The molecule has 0 aliphatic rings. The highest BCUT2D eigenvalue weighted by Crippen LogP contribution is 2.23. The lowest BCUT2D eigenvalue weighted by atomic mass is 9.87. The van der Waals surface area contributed by atoms with Crippen LogP contribution < -0.4 is 11.3 Å². The second-order valence-corrected chi connectivity index (χ2v) is 5.78. The number of hydrogen-bond donors (Lipinski definition) is 2. The Balaban J connectivity index is 2.19. The maximum atomic E-state index is 5.85. The summed E-state index contributed by atoms with van der Waals surface area (Å²) in [6.07, 6.45) is 7.78. The minimum absolute atomic E-state index is 0.326. The second kappa shape index (κ2) is 8.11. The van der Waals surface area contributed by atoms with E-state index in [1.165, 1.54) is 30.2 Å². The molecule has 0 aliphatic heterocycles. The highest BCUT2D eigenvalue weighted by Gasteiger charge is 2.19. The van der Waals surface area contributed by atoms with Crippen molar-refractivity contribution >= 4 is 10.9 Å². The van der Waals surface area contributed by atoms with Crippen LogP contribution in [-0.2, 0) is 6.42 Å². The van der Waals surface area contributed by atoms with Gasteiger partial charge in [-0.15, -0.1) is 0 Å². The Bertz CT molecular complexity index is 548. The molecule has 2 aromatic rings. The molecule has 21 heavy (non-hydrogen) atoms. The molecule has 2 atom stereocenters. The van der Waals surface area contributed by atoms with E-state index in [9.17, 15) is 0 Å². The fourth-order valence-corrected chi connectivity index (χ4v) is 3.09. The Labute approximate surface area is 127 Å². The number of nitrogens with two attached hydrogens (primary N) is 1. The second-order valence-electron chi connectivity index (χ2n) is 5.78. The van der Waals surface area contributed by atoms with Crippen molar-refractivity contribution < 1.29 is 0 Å². The number of pyridine rings is 1. The SMILES string of the molecule is CCCCC(CC)C(Cc1ccnc2ccccc12)NN. The van der Waals surface area contributed by atoms with E-state index in [0.717, 1.165) is 18.4 Å². The molecule has 0 saturated carbocycles. The Morgan fingerprint density at radius 1 is 1.19 bits per heavy atom. The number of aromatic nitrogens is 1. The zero-order valence-corrected chi connectivity index (χ0v) is 13.2. The standard InChI is InChI=1S/C18H27N3/c1-3-5-8-14(4-2)18(21-19)13-15-11-12-20-17-10-7-6-9-16(15)17/h6-7,9-12,14,18,21H,3-5,8,13,19H2,1-2H3. The summed E-state index contributed by atoms with van der Waals surface area (Å²) in [5.41, 5.74) is 5.45. The van der Waals surface area contributed by atoms with Gasteiger partial charge in [0, 0.05) is 17.6 Å². The van der Waals surface area contributed by atoms with E-state index < -0.39 is 0 Å². The summed E-state index contributed by atoms with van der Waals surface area (Å²) < 4.78 is 0. The lowest BCUT2D eigenvalue weighted by Crippen LogP contribution is -2.42. The maximum Gasteiger partial charge on any atom is 0.0704 e. The molecule has 1 aromatic heterocycles. The van der Waals surface area contributed by atoms with Gasteiger partial charge < -0.3 is 0 Å². The van der Waals surface area contributed by atoms with Crippen LogP contribution in [0, 0.1) is 5.92 Å². The molecule has 0 spiro atoms. The van der Waals surface area contributed by atoms with Crippen molar-refractivity contribution in [1.82, 2.24) is 10.4 Å². The summed E-state index contributed by atoms with van der Waals surface area (Å²) in [5.74, 6) is 6.47. The van der Waals surface area contributed by atoms with Crippen molar-refractivity contribution in [2.75, 3.05) is 0 Å². The van der Waals surface area contributed by atoms with Gasteiger partial charge in [0.2, 0.25) is 0 Å². The Kier molecular flexibility index (Phi) is 6.15. The van der Waals surface area contributed by atoms with E-state index >= 15 is 0 Å². The largest absolute Gasteiger partial charge is 0.271 e. The smallest absolute Gasteiger partial charge is 0.0704 e. The molecule has 0 fully saturated rings. The Morgan fingerprint density at radius 3 is 2.71 bits per heavy atom. The van der Waals surface area contributed by atoms with Crippen molar-refractivity contribution in [2.45, 2.75) is 52.0 Å². The molecule has 3 nitrogen and oxygen atoms in total. The molecular formula is C18H27N3. The summed E-state index contributed by atoms with van der Waals surface area (Å²) in [5, 5.41) is 1.24. The minimum atomic E-state index is 0.326. The molecule has 2 unspecified atom stereocenters. The summed E-state index contributed by atoms with van der Waals surface area (Å²) in [7, 11) is 0. The van der Waals surface area contributed by atoms with Crippen LogP contribution in [0.4, 0.5) is 0 Å². The van der Waals surface area contributed by atoms with Crippen LogP contribution in [-0.4, -0.2) is 11.0 Å². The highest BCUT2D eigenvalue weighted by atomic mass is 15.2. The Morgan fingerprint density at radius 2 is 2.00 bits per heavy atom. The van der Waals surface area contributed by atoms with Gasteiger partial charge in [-0.1, -0.05) is 51.3 Å². The van der Waals surface area contributed by atoms with Gasteiger partial charge in [-0.2, -0.15) is 0 Å². The van der Waals surface area contributed by atoms with Gasteiger partial charge in [0.1, 0.15) is 0 Å². The van der Waals surface area contributed by atoms with E-state index in [-0.39, 0.29) is 0 Å². The third-order valence-corrected chi connectivity index (χ3v) is 4.42. The molecule has 3 heteroatoms. The normalized spacial score (nSPS) is 14.2. The van der Waals surface area contributed by atoms with E-state index in [1.54, 1.807) is 0 Å².